The Morgan fingerprint density at radius 2 is 2.00 bits per heavy atom. The minimum absolute atomic E-state index is 0.0151. The lowest BCUT2D eigenvalue weighted by Crippen LogP contribution is -2.26. The number of pyridine rings is 1. The standard InChI is InChI=1S/C20H20N4O2/c25-18(22-13-15-12-16(15)14-6-2-1-3-7-14)9-10-19-23-20(24-26-19)17-8-4-5-11-21-17/h1-8,11,15-16H,9-10,12-13H2,(H,22,25)/t15-,16+/m0/s1. The van der Waals surface area contributed by atoms with Gasteiger partial charge in [-0.15, -0.1) is 0 Å². The van der Waals surface area contributed by atoms with Crippen molar-refractivity contribution in [1.29, 1.82) is 0 Å². The Kier molecular flexibility index (Phi) is 4.73. The van der Waals surface area contributed by atoms with Crippen molar-refractivity contribution in [3.8, 4) is 11.5 Å². The van der Waals surface area contributed by atoms with E-state index in [1.807, 2.05) is 24.3 Å². The molecular formula is C20H20N4O2. The molecule has 1 aliphatic carbocycles. The first-order valence-corrected chi connectivity index (χ1v) is 8.85. The monoisotopic (exact) mass is 348 g/mol. The van der Waals surface area contributed by atoms with Gasteiger partial charge < -0.3 is 9.84 Å². The van der Waals surface area contributed by atoms with Crippen LogP contribution in [-0.4, -0.2) is 27.6 Å². The van der Waals surface area contributed by atoms with Gasteiger partial charge in [-0.25, -0.2) is 0 Å². The van der Waals surface area contributed by atoms with Crippen LogP contribution < -0.4 is 5.32 Å². The van der Waals surface area contributed by atoms with Gasteiger partial charge in [-0.05, 0) is 36.0 Å². The molecule has 2 heterocycles. The van der Waals surface area contributed by atoms with Gasteiger partial charge in [0, 0.05) is 25.6 Å². The fraction of sp³-hybridized carbons (Fsp3) is 0.300. The summed E-state index contributed by atoms with van der Waals surface area (Å²) in [6, 6.07) is 16.0. The zero-order valence-corrected chi connectivity index (χ0v) is 14.3. The maximum absolute atomic E-state index is 12.1. The van der Waals surface area contributed by atoms with Gasteiger partial charge in [0.2, 0.25) is 17.6 Å². The first kappa shape index (κ1) is 16.4. The molecule has 0 unspecified atom stereocenters. The molecule has 0 spiro atoms. The molecule has 1 aliphatic rings. The molecule has 0 saturated heterocycles. The minimum atomic E-state index is 0.0151. The first-order chi connectivity index (χ1) is 12.8. The molecule has 1 amide bonds. The van der Waals surface area contributed by atoms with E-state index in [0.717, 1.165) is 13.0 Å². The van der Waals surface area contributed by atoms with Crippen LogP contribution in [0.2, 0.25) is 0 Å². The van der Waals surface area contributed by atoms with Crippen LogP contribution in [0.25, 0.3) is 11.5 Å². The van der Waals surface area contributed by atoms with Crippen LogP contribution in [0.3, 0.4) is 0 Å². The van der Waals surface area contributed by atoms with Gasteiger partial charge in [-0.2, -0.15) is 4.98 Å². The third kappa shape index (κ3) is 3.96. The zero-order chi connectivity index (χ0) is 17.8. The van der Waals surface area contributed by atoms with Crippen molar-refractivity contribution in [3.63, 3.8) is 0 Å². The van der Waals surface area contributed by atoms with Gasteiger partial charge in [-0.1, -0.05) is 41.6 Å². The van der Waals surface area contributed by atoms with Crippen LogP contribution in [0, 0.1) is 5.92 Å². The van der Waals surface area contributed by atoms with Crippen molar-refractivity contribution in [1.82, 2.24) is 20.4 Å². The number of aromatic nitrogens is 3. The number of nitrogens with zero attached hydrogens (tertiary/aromatic N) is 3. The summed E-state index contributed by atoms with van der Waals surface area (Å²) in [5.41, 5.74) is 2.02. The summed E-state index contributed by atoms with van der Waals surface area (Å²) in [5, 5.41) is 6.92. The van der Waals surface area contributed by atoms with Crippen LogP contribution in [0.4, 0.5) is 0 Å². The Balaban J connectivity index is 1.21. The second kappa shape index (κ2) is 7.47. The molecule has 132 valence electrons. The zero-order valence-electron chi connectivity index (χ0n) is 14.3. The summed E-state index contributed by atoms with van der Waals surface area (Å²) in [4.78, 5) is 20.5. The lowest BCUT2D eigenvalue weighted by molar-refractivity contribution is -0.121. The number of hydrogen-bond acceptors (Lipinski definition) is 5. The molecule has 1 saturated carbocycles. The number of nitrogens with one attached hydrogen (secondary N) is 1. The summed E-state index contributed by atoms with van der Waals surface area (Å²) in [6.07, 6.45) is 3.59. The molecular weight excluding hydrogens is 328 g/mol. The Morgan fingerprint density at radius 3 is 2.81 bits per heavy atom. The van der Waals surface area contributed by atoms with E-state index in [-0.39, 0.29) is 5.91 Å². The van der Waals surface area contributed by atoms with Crippen molar-refractivity contribution in [2.24, 2.45) is 5.92 Å². The van der Waals surface area contributed by atoms with Crippen LogP contribution in [0.15, 0.2) is 59.3 Å². The molecule has 1 N–H and O–H groups in total. The summed E-state index contributed by atoms with van der Waals surface area (Å²) in [6.45, 7) is 0.724. The van der Waals surface area contributed by atoms with Crippen LogP contribution >= 0.6 is 0 Å². The maximum Gasteiger partial charge on any atom is 0.227 e. The van der Waals surface area contributed by atoms with Gasteiger partial charge in [0.1, 0.15) is 5.69 Å². The van der Waals surface area contributed by atoms with Crippen molar-refractivity contribution < 1.29 is 9.32 Å². The average Bonchev–Trinajstić information content (AvgIpc) is 3.33. The molecule has 4 rings (SSSR count). The van der Waals surface area contributed by atoms with E-state index in [2.05, 4.69) is 44.7 Å². The van der Waals surface area contributed by atoms with Crippen molar-refractivity contribution in [2.75, 3.05) is 6.54 Å². The molecule has 0 radical (unpaired) electrons. The maximum atomic E-state index is 12.1. The highest BCUT2D eigenvalue weighted by Gasteiger charge is 2.37. The number of carbonyl (C=O) groups excluding carboxylic acids is 1. The Morgan fingerprint density at radius 1 is 1.15 bits per heavy atom. The van der Waals surface area contributed by atoms with Crippen molar-refractivity contribution in [3.05, 3.63) is 66.2 Å². The number of rotatable bonds is 7. The Labute approximate surface area is 151 Å². The summed E-state index contributed by atoms with van der Waals surface area (Å²) in [5.74, 6) is 2.04. The van der Waals surface area contributed by atoms with Gasteiger partial charge in [-0.3, -0.25) is 9.78 Å². The molecule has 6 heteroatoms. The van der Waals surface area contributed by atoms with E-state index in [4.69, 9.17) is 4.52 Å². The van der Waals surface area contributed by atoms with E-state index >= 15 is 0 Å². The van der Waals surface area contributed by atoms with E-state index in [0.29, 0.717) is 42.1 Å². The number of benzene rings is 1. The predicted octanol–water partition coefficient (Wildman–Crippen LogP) is 2.98. The van der Waals surface area contributed by atoms with E-state index in [1.165, 1.54) is 5.56 Å². The molecule has 1 aromatic carbocycles. The quantitative estimate of drug-likeness (QED) is 0.710. The van der Waals surface area contributed by atoms with Gasteiger partial charge in [0.25, 0.3) is 0 Å². The Hall–Kier alpha value is -3.02. The van der Waals surface area contributed by atoms with Crippen molar-refractivity contribution in [2.45, 2.75) is 25.2 Å². The largest absolute Gasteiger partial charge is 0.356 e. The van der Waals surface area contributed by atoms with E-state index < -0.39 is 0 Å². The van der Waals surface area contributed by atoms with Crippen LogP contribution in [0.5, 0.6) is 0 Å². The first-order valence-electron chi connectivity index (χ1n) is 8.85. The summed E-state index contributed by atoms with van der Waals surface area (Å²) in [7, 11) is 0. The fourth-order valence-electron chi connectivity index (χ4n) is 3.09. The molecule has 0 aliphatic heterocycles. The second-order valence-electron chi connectivity index (χ2n) is 6.54. The summed E-state index contributed by atoms with van der Waals surface area (Å²) >= 11 is 0. The van der Waals surface area contributed by atoms with Crippen molar-refractivity contribution >= 4 is 5.91 Å². The second-order valence-corrected chi connectivity index (χ2v) is 6.54. The molecule has 3 aromatic rings. The third-order valence-electron chi connectivity index (χ3n) is 4.64. The van der Waals surface area contributed by atoms with Crippen LogP contribution in [0.1, 0.15) is 30.2 Å². The third-order valence-corrected chi connectivity index (χ3v) is 4.64. The summed E-state index contributed by atoms with van der Waals surface area (Å²) < 4.78 is 5.20. The Bertz CT molecular complexity index is 864. The topological polar surface area (TPSA) is 80.9 Å². The number of carbonyl (C=O) groups is 1. The fourth-order valence-corrected chi connectivity index (χ4v) is 3.09. The molecule has 26 heavy (non-hydrogen) atoms. The lowest BCUT2D eigenvalue weighted by Gasteiger charge is -2.04. The average molecular weight is 348 g/mol. The number of hydrogen-bond donors (Lipinski definition) is 1. The highest BCUT2D eigenvalue weighted by atomic mass is 16.5. The molecule has 2 aromatic heterocycles. The molecule has 6 nitrogen and oxygen atoms in total. The SMILES string of the molecule is O=C(CCc1nc(-c2ccccn2)no1)NC[C@@H]1C[C@@H]1c1ccccc1. The van der Waals surface area contributed by atoms with Gasteiger partial charge in [0.15, 0.2) is 0 Å². The van der Waals surface area contributed by atoms with Crippen LogP contribution in [-0.2, 0) is 11.2 Å². The highest BCUT2D eigenvalue weighted by molar-refractivity contribution is 5.76. The lowest BCUT2D eigenvalue weighted by atomic mass is 10.1. The minimum Gasteiger partial charge on any atom is -0.356 e. The van der Waals surface area contributed by atoms with Gasteiger partial charge >= 0.3 is 0 Å². The highest BCUT2D eigenvalue weighted by Crippen LogP contribution is 2.46. The molecule has 1 fully saturated rings. The normalized spacial score (nSPS) is 18.5. The van der Waals surface area contributed by atoms with E-state index in [1.54, 1.807) is 6.20 Å². The molecule has 0 bridgehead atoms. The van der Waals surface area contributed by atoms with Gasteiger partial charge in [0.05, 0.1) is 0 Å². The smallest absolute Gasteiger partial charge is 0.227 e. The predicted molar refractivity (Wildman–Crippen MR) is 96.1 cm³/mol. The number of amides is 1. The van der Waals surface area contributed by atoms with E-state index in [9.17, 15) is 4.79 Å². The molecule has 2 atom stereocenters. The number of aryl methyl sites for hydroxylation is 1.